The monoisotopic (exact) mass is 342 g/mol. The molecule has 2 aromatic rings. The van der Waals surface area contributed by atoms with Gasteiger partial charge in [-0.1, -0.05) is 30.3 Å². The third kappa shape index (κ3) is 4.51. The molecule has 0 bridgehead atoms. The van der Waals surface area contributed by atoms with Gasteiger partial charge in [-0.05, 0) is 44.8 Å². The lowest BCUT2D eigenvalue weighted by atomic mass is 10.0. The minimum atomic E-state index is -0.361. The summed E-state index contributed by atoms with van der Waals surface area (Å²) in [6.45, 7) is 1.94. The van der Waals surface area contributed by atoms with Gasteiger partial charge in [-0.15, -0.1) is 0 Å². The average molecular weight is 342 g/mol. The van der Waals surface area contributed by atoms with Crippen LogP contribution >= 0.6 is 0 Å². The predicted octanol–water partition coefficient (Wildman–Crippen LogP) is 3.18. The van der Waals surface area contributed by atoms with Gasteiger partial charge in [-0.3, -0.25) is 9.69 Å². The Balaban J connectivity index is 2.24. The van der Waals surface area contributed by atoms with Crippen LogP contribution in [0, 0.1) is 0 Å². The summed E-state index contributed by atoms with van der Waals surface area (Å²) in [5.74, 6) is 1.38. The maximum Gasteiger partial charge on any atom is 0.242 e. The van der Waals surface area contributed by atoms with Crippen LogP contribution in [0.4, 0.5) is 0 Å². The quantitative estimate of drug-likeness (QED) is 0.840. The van der Waals surface area contributed by atoms with E-state index in [1.165, 1.54) is 0 Å². The number of benzene rings is 2. The number of ether oxygens (including phenoxy) is 2. The highest BCUT2D eigenvalue weighted by molar-refractivity contribution is 5.83. The van der Waals surface area contributed by atoms with Gasteiger partial charge in [0, 0.05) is 5.56 Å². The summed E-state index contributed by atoms with van der Waals surface area (Å²) >= 11 is 0. The van der Waals surface area contributed by atoms with E-state index in [9.17, 15) is 4.79 Å². The molecule has 25 heavy (non-hydrogen) atoms. The number of carbonyl (C=O) groups is 1. The Kier molecular flexibility index (Phi) is 6.42. The number of likely N-dealkylation sites (N-methyl/N-ethyl adjacent to an activating group) is 1. The summed E-state index contributed by atoms with van der Waals surface area (Å²) in [7, 11) is 7.03. The van der Waals surface area contributed by atoms with E-state index in [2.05, 4.69) is 5.32 Å². The van der Waals surface area contributed by atoms with Crippen LogP contribution in [-0.2, 0) is 4.79 Å². The van der Waals surface area contributed by atoms with E-state index >= 15 is 0 Å². The highest BCUT2D eigenvalue weighted by Crippen LogP contribution is 2.30. The van der Waals surface area contributed by atoms with E-state index < -0.39 is 0 Å². The molecule has 134 valence electrons. The number of methoxy groups -OCH3 is 2. The lowest BCUT2D eigenvalue weighted by molar-refractivity contribution is -0.126. The molecule has 0 saturated heterocycles. The second-order valence-electron chi connectivity index (χ2n) is 6.11. The van der Waals surface area contributed by atoms with Crippen molar-refractivity contribution in [3.05, 3.63) is 59.7 Å². The van der Waals surface area contributed by atoms with Gasteiger partial charge in [-0.25, -0.2) is 0 Å². The fourth-order valence-corrected chi connectivity index (χ4v) is 2.87. The fraction of sp³-hybridized carbons (Fsp3) is 0.350. The van der Waals surface area contributed by atoms with Crippen LogP contribution in [-0.4, -0.2) is 39.1 Å². The number of nitrogens with one attached hydrogen (secondary N) is 1. The summed E-state index contributed by atoms with van der Waals surface area (Å²) in [6.07, 6.45) is 0. The van der Waals surface area contributed by atoms with Crippen LogP contribution in [0.15, 0.2) is 48.5 Å². The van der Waals surface area contributed by atoms with Gasteiger partial charge in [0.1, 0.15) is 17.5 Å². The molecule has 0 heterocycles. The topological polar surface area (TPSA) is 50.8 Å². The summed E-state index contributed by atoms with van der Waals surface area (Å²) < 4.78 is 10.7. The van der Waals surface area contributed by atoms with Crippen molar-refractivity contribution in [3.63, 3.8) is 0 Å². The van der Waals surface area contributed by atoms with Gasteiger partial charge in [0.15, 0.2) is 0 Å². The minimum absolute atomic E-state index is 0.0615. The number of rotatable bonds is 7. The van der Waals surface area contributed by atoms with Gasteiger partial charge in [0.2, 0.25) is 5.91 Å². The van der Waals surface area contributed by atoms with Crippen molar-refractivity contribution in [2.24, 2.45) is 0 Å². The van der Waals surface area contributed by atoms with Gasteiger partial charge in [0.25, 0.3) is 0 Å². The lowest BCUT2D eigenvalue weighted by Crippen LogP contribution is -2.38. The van der Waals surface area contributed by atoms with Gasteiger partial charge < -0.3 is 14.8 Å². The zero-order valence-electron chi connectivity index (χ0n) is 15.4. The molecule has 1 amide bonds. The molecule has 5 heteroatoms. The summed E-state index contributed by atoms with van der Waals surface area (Å²) in [5.41, 5.74) is 1.83. The third-order valence-corrected chi connectivity index (χ3v) is 4.14. The van der Waals surface area contributed by atoms with Crippen molar-refractivity contribution >= 4 is 5.91 Å². The molecular weight excluding hydrogens is 316 g/mol. The van der Waals surface area contributed by atoms with Crippen molar-refractivity contribution < 1.29 is 14.3 Å². The molecule has 2 aromatic carbocycles. The van der Waals surface area contributed by atoms with Crippen molar-refractivity contribution in [1.29, 1.82) is 0 Å². The molecular formula is C20H26N2O3. The molecule has 0 spiro atoms. The van der Waals surface area contributed by atoms with Crippen LogP contribution in [0.1, 0.15) is 30.1 Å². The average Bonchev–Trinajstić information content (AvgIpc) is 2.61. The Bertz CT molecular complexity index is 701. The molecule has 0 aliphatic carbocycles. The Hall–Kier alpha value is -2.53. The smallest absolute Gasteiger partial charge is 0.242 e. The number of hydrogen-bond acceptors (Lipinski definition) is 4. The number of hydrogen-bond donors (Lipinski definition) is 1. The zero-order chi connectivity index (χ0) is 18.4. The standard InChI is InChI=1S/C20H26N2O3/c1-14(17-13-16(24-4)11-12-18(17)25-5)21-20(23)19(22(2)3)15-9-7-6-8-10-15/h6-14,19H,1-5H3,(H,21,23). The van der Waals surface area contributed by atoms with Gasteiger partial charge in [0.05, 0.1) is 20.3 Å². The van der Waals surface area contributed by atoms with E-state index in [1.54, 1.807) is 14.2 Å². The number of amides is 1. The molecule has 5 nitrogen and oxygen atoms in total. The van der Waals surface area contributed by atoms with Crippen LogP contribution in [0.3, 0.4) is 0 Å². The maximum absolute atomic E-state index is 12.9. The Morgan fingerprint density at radius 3 is 2.28 bits per heavy atom. The Morgan fingerprint density at radius 2 is 1.72 bits per heavy atom. The van der Waals surface area contributed by atoms with E-state index in [0.717, 1.165) is 22.6 Å². The predicted molar refractivity (Wildman–Crippen MR) is 99.0 cm³/mol. The van der Waals surface area contributed by atoms with Gasteiger partial charge >= 0.3 is 0 Å². The summed E-state index contributed by atoms with van der Waals surface area (Å²) in [4.78, 5) is 14.8. The van der Waals surface area contributed by atoms with E-state index in [0.29, 0.717) is 0 Å². The molecule has 2 unspecified atom stereocenters. The SMILES string of the molecule is COc1ccc(OC)c(C(C)NC(=O)C(c2ccccc2)N(C)C)c1. The van der Waals surface area contributed by atoms with Crippen LogP contribution in [0.2, 0.25) is 0 Å². The minimum Gasteiger partial charge on any atom is -0.497 e. The Morgan fingerprint density at radius 1 is 1.04 bits per heavy atom. The lowest BCUT2D eigenvalue weighted by Gasteiger charge is -2.26. The first kappa shape index (κ1) is 18.8. The second-order valence-corrected chi connectivity index (χ2v) is 6.11. The first-order valence-electron chi connectivity index (χ1n) is 8.21. The Labute approximate surface area is 149 Å². The zero-order valence-corrected chi connectivity index (χ0v) is 15.4. The maximum atomic E-state index is 12.9. The fourth-order valence-electron chi connectivity index (χ4n) is 2.87. The molecule has 2 atom stereocenters. The highest BCUT2D eigenvalue weighted by Gasteiger charge is 2.25. The molecule has 0 aliphatic heterocycles. The highest BCUT2D eigenvalue weighted by atomic mass is 16.5. The van der Waals surface area contributed by atoms with Crippen molar-refractivity contribution in [2.45, 2.75) is 19.0 Å². The summed E-state index contributed by atoms with van der Waals surface area (Å²) in [6, 6.07) is 14.7. The third-order valence-electron chi connectivity index (χ3n) is 4.14. The molecule has 0 fully saturated rings. The largest absolute Gasteiger partial charge is 0.497 e. The number of nitrogens with zero attached hydrogens (tertiary/aromatic N) is 1. The van der Waals surface area contributed by atoms with Crippen LogP contribution in [0.25, 0.3) is 0 Å². The number of carbonyl (C=O) groups excluding carboxylic acids is 1. The van der Waals surface area contributed by atoms with Gasteiger partial charge in [-0.2, -0.15) is 0 Å². The molecule has 0 aliphatic rings. The van der Waals surface area contributed by atoms with Crippen LogP contribution < -0.4 is 14.8 Å². The van der Waals surface area contributed by atoms with E-state index in [-0.39, 0.29) is 18.0 Å². The molecule has 0 saturated carbocycles. The van der Waals surface area contributed by atoms with E-state index in [4.69, 9.17) is 9.47 Å². The molecule has 1 N–H and O–H groups in total. The van der Waals surface area contributed by atoms with Crippen LogP contribution in [0.5, 0.6) is 11.5 Å². The molecule has 0 aromatic heterocycles. The van der Waals surface area contributed by atoms with Crippen molar-refractivity contribution in [3.8, 4) is 11.5 Å². The summed E-state index contributed by atoms with van der Waals surface area (Å²) in [5, 5.41) is 3.09. The molecule has 2 rings (SSSR count). The van der Waals surface area contributed by atoms with Crippen molar-refractivity contribution in [2.75, 3.05) is 28.3 Å². The first-order valence-corrected chi connectivity index (χ1v) is 8.21. The normalized spacial score (nSPS) is 13.2. The second kappa shape index (κ2) is 8.53. The van der Waals surface area contributed by atoms with Crippen molar-refractivity contribution in [1.82, 2.24) is 10.2 Å². The van der Waals surface area contributed by atoms with E-state index in [1.807, 2.05) is 74.4 Å². The molecule has 0 radical (unpaired) electrons. The first-order chi connectivity index (χ1) is 12.0.